The Labute approximate surface area is 126 Å². The highest BCUT2D eigenvalue weighted by molar-refractivity contribution is 6.26. The molecule has 0 bridgehead atoms. The van der Waals surface area contributed by atoms with Gasteiger partial charge in [-0.2, -0.15) is 0 Å². The lowest BCUT2D eigenvalue weighted by atomic mass is 9.83. The molecule has 2 heteroatoms. The van der Waals surface area contributed by atoms with Gasteiger partial charge < -0.3 is 4.90 Å². The minimum Gasteiger partial charge on any atom is -0.301 e. The lowest BCUT2D eigenvalue weighted by Crippen LogP contribution is -2.43. The van der Waals surface area contributed by atoms with Crippen molar-refractivity contribution in [1.82, 2.24) is 4.90 Å². The van der Waals surface area contributed by atoms with Crippen LogP contribution in [0.2, 0.25) is 0 Å². The van der Waals surface area contributed by atoms with Crippen LogP contribution in [-0.2, 0) is 4.87 Å². The molecule has 0 N–H and O–H groups in total. The Morgan fingerprint density at radius 1 is 0.950 bits per heavy atom. The smallest absolute Gasteiger partial charge is 0.110 e. The maximum atomic E-state index is 7.25. The average molecular weight is 286 g/mol. The van der Waals surface area contributed by atoms with Gasteiger partial charge in [0.15, 0.2) is 0 Å². The van der Waals surface area contributed by atoms with Crippen molar-refractivity contribution in [2.45, 2.75) is 23.8 Å². The number of likely N-dealkylation sites (N-methyl/N-ethyl adjacent to an activating group) is 1. The third-order valence-electron chi connectivity index (χ3n) is 4.37. The van der Waals surface area contributed by atoms with E-state index in [-0.39, 0.29) is 0 Å². The summed E-state index contributed by atoms with van der Waals surface area (Å²) >= 11 is 7.25. The molecule has 0 radical (unpaired) electrons. The van der Waals surface area contributed by atoms with Gasteiger partial charge in [0.05, 0.1) is 0 Å². The lowest BCUT2D eigenvalue weighted by Gasteiger charge is -2.38. The van der Waals surface area contributed by atoms with Gasteiger partial charge in [-0.25, -0.2) is 0 Å². The zero-order valence-corrected chi connectivity index (χ0v) is 12.6. The molecular weight excluding hydrogens is 266 g/mol. The minimum atomic E-state index is -0.465. The third kappa shape index (κ3) is 2.25. The molecule has 0 spiro atoms. The molecule has 2 aromatic rings. The summed E-state index contributed by atoms with van der Waals surface area (Å²) in [6.45, 7) is 1.12. The lowest BCUT2D eigenvalue weighted by molar-refractivity contribution is 0.268. The van der Waals surface area contributed by atoms with Crippen molar-refractivity contribution in [3.63, 3.8) is 0 Å². The van der Waals surface area contributed by atoms with E-state index in [9.17, 15) is 0 Å². The molecule has 0 aliphatic carbocycles. The van der Waals surface area contributed by atoms with Gasteiger partial charge in [-0.3, -0.25) is 0 Å². The second-order valence-corrected chi connectivity index (χ2v) is 6.18. The molecular formula is C18H20ClN. The third-order valence-corrected chi connectivity index (χ3v) is 5.06. The number of hydrogen-bond donors (Lipinski definition) is 0. The van der Waals surface area contributed by atoms with Crippen LogP contribution >= 0.6 is 11.6 Å². The van der Waals surface area contributed by atoms with Crippen LogP contribution in [0.1, 0.15) is 24.0 Å². The minimum absolute atomic E-state index is 0.342. The van der Waals surface area contributed by atoms with Crippen molar-refractivity contribution in [2.24, 2.45) is 0 Å². The quantitative estimate of drug-likeness (QED) is 0.762. The Kier molecular flexibility index (Phi) is 3.82. The highest BCUT2D eigenvalue weighted by Crippen LogP contribution is 2.45. The maximum Gasteiger partial charge on any atom is 0.110 e. The number of rotatable bonds is 3. The summed E-state index contributed by atoms with van der Waals surface area (Å²) in [6, 6.07) is 21.3. The summed E-state index contributed by atoms with van der Waals surface area (Å²) < 4.78 is 0. The second-order valence-electron chi connectivity index (χ2n) is 5.58. The van der Waals surface area contributed by atoms with Crippen molar-refractivity contribution in [3.8, 4) is 0 Å². The predicted octanol–water partition coefficient (Wildman–Crippen LogP) is 4.26. The molecule has 1 fully saturated rings. The molecule has 1 saturated heterocycles. The van der Waals surface area contributed by atoms with Crippen LogP contribution in [0.5, 0.6) is 0 Å². The summed E-state index contributed by atoms with van der Waals surface area (Å²) in [6.07, 6.45) is 2.36. The summed E-state index contributed by atoms with van der Waals surface area (Å²) in [7, 11) is 2.18. The molecule has 1 nitrogen and oxygen atoms in total. The molecule has 3 rings (SSSR count). The van der Waals surface area contributed by atoms with Crippen LogP contribution in [0.3, 0.4) is 0 Å². The molecule has 0 amide bonds. The van der Waals surface area contributed by atoms with Gasteiger partial charge >= 0.3 is 0 Å². The molecule has 1 atom stereocenters. The van der Waals surface area contributed by atoms with Gasteiger partial charge in [-0.15, -0.1) is 11.6 Å². The monoisotopic (exact) mass is 285 g/mol. The van der Waals surface area contributed by atoms with Gasteiger partial charge in [0.1, 0.15) is 4.87 Å². The molecule has 1 aliphatic rings. The van der Waals surface area contributed by atoms with Crippen LogP contribution in [0, 0.1) is 0 Å². The molecule has 0 saturated carbocycles. The summed E-state index contributed by atoms with van der Waals surface area (Å²) in [5, 5.41) is 0. The fourth-order valence-corrected chi connectivity index (χ4v) is 3.85. The van der Waals surface area contributed by atoms with Crippen LogP contribution in [-0.4, -0.2) is 24.5 Å². The first-order valence-corrected chi connectivity index (χ1v) is 7.61. The highest BCUT2D eigenvalue weighted by Gasteiger charge is 2.44. The summed E-state index contributed by atoms with van der Waals surface area (Å²) in [5.41, 5.74) is 2.37. The van der Waals surface area contributed by atoms with Gasteiger partial charge in [0.25, 0.3) is 0 Å². The number of benzene rings is 2. The van der Waals surface area contributed by atoms with E-state index in [0.717, 1.165) is 13.0 Å². The number of nitrogens with zero attached hydrogens (tertiary/aromatic N) is 1. The predicted molar refractivity (Wildman–Crippen MR) is 85.2 cm³/mol. The van der Waals surface area contributed by atoms with E-state index in [1.807, 2.05) is 12.1 Å². The van der Waals surface area contributed by atoms with Crippen molar-refractivity contribution in [1.29, 1.82) is 0 Å². The topological polar surface area (TPSA) is 3.24 Å². The van der Waals surface area contributed by atoms with E-state index in [0.29, 0.717) is 6.04 Å². The molecule has 20 heavy (non-hydrogen) atoms. The van der Waals surface area contributed by atoms with Gasteiger partial charge in [-0.1, -0.05) is 60.7 Å². The SMILES string of the molecule is CN1CCCC1C(Cl)(c1ccccc1)c1ccccc1. The molecule has 1 heterocycles. The summed E-state index contributed by atoms with van der Waals surface area (Å²) in [5.74, 6) is 0. The Hall–Kier alpha value is -1.31. The van der Waals surface area contributed by atoms with Gasteiger partial charge in [0, 0.05) is 6.04 Å². The molecule has 0 aromatic heterocycles. The number of alkyl halides is 1. The van der Waals surface area contributed by atoms with Crippen LogP contribution in [0.25, 0.3) is 0 Å². The maximum absolute atomic E-state index is 7.25. The first kappa shape index (κ1) is 13.7. The molecule has 1 unspecified atom stereocenters. The van der Waals surface area contributed by atoms with E-state index in [4.69, 9.17) is 11.6 Å². The normalized spacial score (nSPS) is 20.2. The number of hydrogen-bond acceptors (Lipinski definition) is 1. The highest BCUT2D eigenvalue weighted by atomic mass is 35.5. The van der Waals surface area contributed by atoms with E-state index >= 15 is 0 Å². The fourth-order valence-electron chi connectivity index (χ4n) is 3.33. The second kappa shape index (κ2) is 5.59. The molecule has 1 aliphatic heterocycles. The number of halogens is 1. The van der Waals surface area contributed by atoms with E-state index in [1.54, 1.807) is 0 Å². The summed E-state index contributed by atoms with van der Waals surface area (Å²) in [4.78, 5) is 1.93. The fraction of sp³-hybridized carbons (Fsp3) is 0.333. The van der Waals surface area contributed by atoms with E-state index in [2.05, 4.69) is 60.5 Å². The zero-order valence-electron chi connectivity index (χ0n) is 11.8. The number of likely N-dealkylation sites (tertiary alicyclic amines) is 1. The standard InChI is InChI=1S/C18H20ClN/c1-20-14-8-13-17(20)18(19,15-9-4-2-5-10-15)16-11-6-3-7-12-16/h2-7,9-12,17H,8,13-14H2,1H3. The van der Waals surface area contributed by atoms with Crippen LogP contribution in [0.4, 0.5) is 0 Å². The van der Waals surface area contributed by atoms with E-state index < -0.39 is 4.87 Å². The van der Waals surface area contributed by atoms with Crippen molar-refractivity contribution in [2.75, 3.05) is 13.6 Å². The Balaban J connectivity index is 2.13. The average Bonchev–Trinajstić information content (AvgIpc) is 2.95. The first-order chi connectivity index (χ1) is 9.73. The zero-order chi connectivity index (χ0) is 14.0. The first-order valence-electron chi connectivity index (χ1n) is 7.23. The van der Waals surface area contributed by atoms with Crippen molar-refractivity contribution < 1.29 is 0 Å². The van der Waals surface area contributed by atoms with Crippen molar-refractivity contribution >= 4 is 11.6 Å². The largest absolute Gasteiger partial charge is 0.301 e. The van der Waals surface area contributed by atoms with Crippen molar-refractivity contribution in [3.05, 3.63) is 71.8 Å². The Bertz CT molecular complexity index is 513. The Morgan fingerprint density at radius 2 is 1.45 bits per heavy atom. The molecule has 2 aromatic carbocycles. The van der Waals surface area contributed by atoms with Crippen LogP contribution in [0.15, 0.2) is 60.7 Å². The Morgan fingerprint density at radius 3 is 1.85 bits per heavy atom. The van der Waals surface area contributed by atoms with Gasteiger partial charge in [0.2, 0.25) is 0 Å². The van der Waals surface area contributed by atoms with Crippen LogP contribution < -0.4 is 0 Å². The van der Waals surface area contributed by atoms with E-state index in [1.165, 1.54) is 17.5 Å². The van der Waals surface area contributed by atoms with Gasteiger partial charge in [-0.05, 0) is 37.6 Å². The molecule has 104 valence electrons.